The van der Waals surface area contributed by atoms with Crippen LogP contribution in [-0.4, -0.2) is 27.5 Å². The van der Waals surface area contributed by atoms with Gasteiger partial charge in [-0.2, -0.15) is 0 Å². The van der Waals surface area contributed by atoms with Crippen LogP contribution < -0.4 is 0 Å². The molecule has 1 unspecified atom stereocenters. The van der Waals surface area contributed by atoms with E-state index in [4.69, 9.17) is 4.42 Å². The molecule has 0 amide bonds. The van der Waals surface area contributed by atoms with Crippen LogP contribution >= 0.6 is 0 Å². The van der Waals surface area contributed by atoms with Gasteiger partial charge >= 0.3 is 5.97 Å². The third-order valence-electron chi connectivity index (χ3n) is 3.82. The number of nitrogens with zero attached hydrogens (tertiary/aromatic N) is 2. The summed E-state index contributed by atoms with van der Waals surface area (Å²) in [4.78, 5) is 18.1. The SMILES string of the molecule is Cc1cc(C)nc(CN2CCc3occc3C2C(=O)O)c1. The molecule has 0 aliphatic carbocycles. The first-order valence-electron chi connectivity index (χ1n) is 7.02. The Kier molecular flexibility index (Phi) is 3.51. The first-order valence-corrected chi connectivity index (χ1v) is 7.02. The molecule has 0 bridgehead atoms. The molecule has 3 heterocycles. The molecule has 1 aliphatic heterocycles. The summed E-state index contributed by atoms with van der Waals surface area (Å²) in [7, 11) is 0. The quantitative estimate of drug-likeness (QED) is 0.939. The van der Waals surface area contributed by atoms with Gasteiger partial charge in [0.05, 0.1) is 12.0 Å². The van der Waals surface area contributed by atoms with Crippen molar-refractivity contribution in [2.75, 3.05) is 6.54 Å². The third kappa shape index (κ3) is 2.69. The Morgan fingerprint density at radius 1 is 1.48 bits per heavy atom. The van der Waals surface area contributed by atoms with E-state index in [1.165, 1.54) is 0 Å². The summed E-state index contributed by atoms with van der Waals surface area (Å²) in [6, 6.07) is 5.13. The molecule has 0 fully saturated rings. The molecule has 110 valence electrons. The van der Waals surface area contributed by atoms with E-state index in [9.17, 15) is 9.90 Å². The molecule has 1 atom stereocenters. The van der Waals surface area contributed by atoms with Crippen molar-refractivity contribution < 1.29 is 14.3 Å². The number of hydrogen-bond donors (Lipinski definition) is 1. The van der Waals surface area contributed by atoms with E-state index in [0.29, 0.717) is 13.1 Å². The number of furan rings is 1. The maximum atomic E-state index is 11.6. The van der Waals surface area contributed by atoms with Crippen molar-refractivity contribution in [2.24, 2.45) is 0 Å². The number of carboxylic acid groups (broad SMARTS) is 1. The van der Waals surface area contributed by atoms with E-state index in [1.54, 1.807) is 12.3 Å². The van der Waals surface area contributed by atoms with Crippen LogP contribution in [0.3, 0.4) is 0 Å². The highest BCUT2D eigenvalue weighted by Crippen LogP contribution is 2.31. The smallest absolute Gasteiger partial charge is 0.325 e. The van der Waals surface area contributed by atoms with E-state index in [0.717, 1.165) is 34.7 Å². The van der Waals surface area contributed by atoms with Crippen LogP contribution in [0, 0.1) is 13.8 Å². The van der Waals surface area contributed by atoms with E-state index in [-0.39, 0.29) is 0 Å². The number of pyridine rings is 1. The Morgan fingerprint density at radius 3 is 3.00 bits per heavy atom. The average Bonchev–Trinajstić information content (AvgIpc) is 2.84. The number of aliphatic carboxylic acids is 1. The summed E-state index contributed by atoms with van der Waals surface area (Å²) in [6.45, 7) is 5.17. The number of aromatic nitrogens is 1. The molecule has 1 aliphatic rings. The van der Waals surface area contributed by atoms with Crippen LogP contribution in [0.4, 0.5) is 0 Å². The van der Waals surface area contributed by atoms with Crippen LogP contribution in [0.1, 0.15) is 34.3 Å². The largest absolute Gasteiger partial charge is 0.480 e. The second-order valence-corrected chi connectivity index (χ2v) is 5.54. The second-order valence-electron chi connectivity index (χ2n) is 5.54. The minimum Gasteiger partial charge on any atom is -0.480 e. The van der Waals surface area contributed by atoms with Gasteiger partial charge in [-0.3, -0.25) is 14.7 Å². The van der Waals surface area contributed by atoms with Crippen LogP contribution in [0.5, 0.6) is 0 Å². The van der Waals surface area contributed by atoms with Gasteiger partial charge in [0.1, 0.15) is 11.8 Å². The zero-order valence-electron chi connectivity index (χ0n) is 12.2. The van der Waals surface area contributed by atoms with E-state index in [1.807, 2.05) is 30.9 Å². The van der Waals surface area contributed by atoms with Crippen molar-refractivity contribution >= 4 is 5.97 Å². The van der Waals surface area contributed by atoms with Crippen LogP contribution in [0.2, 0.25) is 0 Å². The average molecular weight is 286 g/mol. The lowest BCUT2D eigenvalue weighted by Crippen LogP contribution is -2.38. The highest BCUT2D eigenvalue weighted by molar-refractivity contribution is 5.76. The molecule has 2 aromatic rings. The summed E-state index contributed by atoms with van der Waals surface area (Å²) < 4.78 is 5.37. The first kappa shape index (κ1) is 13.8. The maximum Gasteiger partial charge on any atom is 0.325 e. The molecule has 0 aromatic carbocycles. The molecular formula is C16H18N2O3. The van der Waals surface area contributed by atoms with Gasteiger partial charge in [0.15, 0.2) is 0 Å². The van der Waals surface area contributed by atoms with Crippen molar-refractivity contribution in [3.05, 3.63) is 52.7 Å². The summed E-state index contributed by atoms with van der Waals surface area (Å²) in [5.41, 5.74) is 3.77. The zero-order chi connectivity index (χ0) is 15.0. The summed E-state index contributed by atoms with van der Waals surface area (Å²) in [5, 5.41) is 9.56. The van der Waals surface area contributed by atoms with Crippen LogP contribution in [0.25, 0.3) is 0 Å². The lowest BCUT2D eigenvalue weighted by Gasteiger charge is -2.32. The molecule has 21 heavy (non-hydrogen) atoms. The molecule has 0 saturated heterocycles. The molecule has 0 radical (unpaired) electrons. The number of fused-ring (bicyclic) bond motifs is 1. The molecule has 5 nitrogen and oxygen atoms in total. The maximum absolute atomic E-state index is 11.6. The molecule has 3 rings (SSSR count). The van der Waals surface area contributed by atoms with E-state index < -0.39 is 12.0 Å². The normalized spacial score (nSPS) is 18.5. The van der Waals surface area contributed by atoms with Gasteiger partial charge in [-0.25, -0.2) is 0 Å². The van der Waals surface area contributed by atoms with Gasteiger partial charge in [0.25, 0.3) is 0 Å². The summed E-state index contributed by atoms with van der Waals surface area (Å²) in [6.07, 6.45) is 2.30. The fraction of sp³-hybridized carbons (Fsp3) is 0.375. The lowest BCUT2D eigenvalue weighted by atomic mass is 9.99. The monoisotopic (exact) mass is 286 g/mol. The fourth-order valence-electron chi connectivity index (χ4n) is 3.04. The Labute approximate surface area is 123 Å². The predicted molar refractivity (Wildman–Crippen MR) is 76.9 cm³/mol. The van der Waals surface area contributed by atoms with Crippen molar-refractivity contribution in [3.63, 3.8) is 0 Å². The first-order chi connectivity index (χ1) is 10.0. The van der Waals surface area contributed by atoms with Gasteiger partial charge in [0.2, 0.25) is 0 Å². The fourth-order valence-corrected chi connectivity index (χ4v) is 3.04. The second kappa shape index (κ2) is 5.33. The Bertz CT molecular complexity index is 658. The predicted octanol–water partition coefficient (Wildman–Crippen LogP) is 2.48. The van der Waals surface area contributed by atoms with Gasteiger partial charge in [-0.1, -0.05) is 0 Å². The highest BCUT2D eigenvalue weighted by atomic mass is 16.4. The number of carboxylic acids is 1. The zero-order valence-corrected chi connectivity index (χ0v) is 12.2. The van der Waals surface area contributed by atoms with E-state index >= 15 is 0 Å². The Hall–Kier alpha value is -2.14. The van der Waals surface area contributed by atoms with E-state index in [2.05, 4.69) is 4.98 Å². The minimum absolute atomic E-state index is 0.532. The van der Waals surface area contributed by atoms with Gasteiger partial charge < -0.3 is 9.52 Å². The van der Waals surface area contributed by atoms with Crippen molar-refractivity contribution in [1.29, 1.82) is 0 Å². The number of hydrogen-bond acceptors (Lipinski definition) is 4. The van der Waals surface area contributed by atoms with Gasteiger partial charge in [0, 0.05) is 30.8 Å². The summed E-state index contributed by atoms with van der Waals surface area (Å²) in [5.74, 6) is -0.0613. The Balaban J connectivity index is 1.89. The standard InChI is InChI=1S/C16H18N2O3/c1-10-7-11(2)17-12(8-10)9-18-5-3-14-13(4-6-21-14)15(18)16(19)20/h4,6-8,15H,3,5,9H2,1-2H3,(H,19,20). The topological polar surface area (TPSA) is 66.6 Å². The molecule has 5 heteroatoms. The molecule has 1 N–H and O–H groups in total. The van der Waals surface area contributed by atoms with Crippen molar-refractivity contribution in [3.8, 4) is 0 Å². The molecule has 0 saturated carbocycles. The molecule has 0 spiro atoms. The lowest BCUT2D eigenvalue weighted by molar-refractivity contribution is -0.144. The number of rotatable bonds is 3. The van der Waals surface area contributed by atoms with Crippen molar-refractivity contribution in [1.82, 2.24) is 9.88 Å². The molecule has 2 aromatic heterocycles. The summed E-state index contributed by atoms with van der Waals surface area (Å²) >= 11 is 0. The van der Waals surface area contributed by atoms with Gasteiger partial charge in [-0.05, 0) is 37.6 Å². The highest BCUT2D eigenvalue weighted by Gasteiger charge is 2.34. The van der Waals surface area contributed by atoms with Crippen LogP contribution in [0.15, 0.2) is 28.9 Å². The molecular weight excluding hydrogens is 268 g/mol. The minimum atomic E-state index is -0.846. The van der Waals surface area contributed by atoms with Crippen molar-refractivity contribution in [2.45, 2.75) is 32.9 Å². The van der Waals surface area contributed by atoms with Gasteiger partial charge in [-0.15, -0.1) is 0 Å². The Morgan fingerprint density at radius 2 is 2.29 bits per heavy atom. The number of carbonyl (C=O) groups is 1. The number of aryl methyl sites for hydroxylation is 2. The van der Waals surface area contributed by atoms with Crippen LogP contribution in [-0.2, 0) is 17.8 Å². The third-order valence-corrected chi connectivity index (χ3v) is 3.82.